The van der Waals surface area contributed by atoms with Crippen LogP contribution in [0.3, 0.4) is 0 Å². The van der Waals surface area contributed by atoms with Crippen LogP contribution in [0.15, 0.2) is 12.1 Å². The molecule has 2 aromatic heterocycles. The molecule has 0 bridgehead atoms. The summed E-state index contributed by atoms with van der Waals surface area (Å²) in [6.07, 6.45) is 0.692. The van der Waals surface area contributed by atoms with E-state index in [4.69, 9.17) is 16.7 Å². The Morgan fingerprint density at radius 3 is 2.62 bits per heavy atom. The normalized spacial score (nSPS) is 10.6. The number of hydrogen-bond donors (Lipinski definition) is 3. The maximum atomic E-state index is 12.2. The molecule has 3 N–H and O–H groups in total. The number of aromatic amines is 1. The molecule has 2 heterocycles. The maximum absolute atomic E-state index is 12.2. The number of hydrogen-bond acceptors (Lipinski definition) is 3. The summed E-state index contributed by atoms with van der Waals surface area (Å²) < 4.78 is 0.722. The Morgan fingerprint density at radius 1 is 1.38 bits per heavy atom. The van der Waals surface area contributed by atoms with Gasteiger partial charge >= 0.3 is 5.97 Å². The lowest BCUT2D eigenvalue weighted by molar-refractivity contribution is 0.0690. The van der Waals surface area contributed by atoms with Crippen LogP contribution in [0.25, 0.3) is 0 Å². The number of amides is 1. The predicted octanol–water partition coefficient (Wildman–Crippen LogP) is 3.02. The summed E-state index contributed by atoms with van der Waals surface area (Å²) in [6.45, 7) is 3.79. The molecule has 0 aromatic carbocycles. The molecule has 0 aliphatic heterocycles. The number of H-pyrrole nitrogens is 1. The molecule has 0 aliphatic rings. The van der Waals surface area contributed by atoms with E-state index in [-0.39, 0.29) is 11.6 Å². The molecule has 0 spiro atoms. The molecule has 0 saturated carbocycles. The van der Waals surface area contributed by atoms with Crippen molar-refractivity contribution < 1.29 is 14.7 Å². The standard InChI is InChI=1S/C14H15ClN2O3S/c1-7-11(8(2)17-12(7)14(19)20)13(18)16-6-5-9-3-4-10(15)21-9/h3-4,17H,5-6H2,1-2H3,(H,16,18)(H,19,20). The lowest BCUT2D eigenvalue weighted by Crippen LogP contribution is -2.26. The van der Waals surface area contributed by atoms with Gasteiger partial charge in [-0.2, -0.15) is 0 Å². The second-order valence-electron chi connectivity index (χ2n) is 4.64. The summed E-state index contributed by atoms with van der Waals surface area (Å²) in [5.74, 6) is -1.33. The van der Waals surface area contributed by atoms with Crippen LogP contribution in [0.5, 0.6) is 0 Å². The summed E-state index contributed by atoms with van der Waals surface area (Å²) in [7, 11) is 0. The summed E-state index contributed by atoms with van der Waals surface area (Å²) >= 11 is 7.32. The minimum atomic E-state index is -1.07. The molecular weight excluding hydrogens is 312 g/mol. The van der Waals surface area contributed by atoms with Gasteiger partial charge in [0.1, 0.15) is 5.69 Å². The molecule has 0 saturated heterocycles. The van der Waals surface area contributed by atoms with E-state index in [1.165, 1.54) is 11.3 Å². The number of carbonyl (C=O) groups is 2. The van der Waals surface area contributed by atoms with Gasteiger partial charge in [0.25, 0.3) is 5.91 Å². The number of halogens is 1. The number of aryl methyl sites for hydroxylation is 1. The minimum absolute atomic E-state index is 0.0580. The molecule has 0 aliphatic carbocycles. The van der Waals surface area contributed by atoms with E-state index in [1.54, 1.807) is 13.8 Å². The van der Waals surface area contributed by atoms with Gasteiger partial charge < -0.3 is 15.4 Å². The van der Waals surface area contributed by atoms with Crippen molar-refractivity contribution in [2.45, 2.75) is 20.3 Å². The van der Waals surface area contributed by atoms with E-state index in [0.717, 1.165) is 9.21 Å². The van der Waals surface area contributed by atoms with Crippen LogP contribution in [0.2, 0.25) is 4.34 Å². The molecule has 2 rings (SSSR count). The zero-order valence-corrected chi connectivity index (χ0v) is 13.2. The van der Waals surface area contributed by atoms with Gasteiger partial charge in [-0.1, -0.05) is 11.6 Å². The van der Waals surface area contributed by atoms with Gasteiger partial charge in [-0.3, -0.25) is 4.79 Å². The Kier molecular flexibility index (Phi) is 4.69. The Balaban J connectivity index is 2.02. The van der Waals surface area contributed by atoms with Crippen LogP contribution in [-0.4, -0.2) is 28.5 Å². The van der Waals surface area contributed by atoms with Crippen LogP contribution >= 0.6 is 22.9 Å². The van der Waals surface area contributed by atoms with Crippen LogP contribution in [0.1, 0.15) is 37.0 Å². The van der Waals surface area contributed by atoms with Crippen molar-refractivity contribution in [2.24, 2.45) is 0 Å². The molecule has 112 valence electrons. The second kappa shape index (κ2) is 6.32. The number of rotatable bonds is 5. The Morgan fingerprint density at radius 2 is 2.10 bits per heavy atom. The van der Waals surface area contributed by atoms with Gasteiger partial charge in [0.15, 0.2) is 0 Å². The number of nitrogens with one attached hydrogen (secondary N) is 2. The molecule has 1 amide bonds. The quantitative estimate of drug-likeness (QED) is 0.790. The fourth-order valence-electron chi connectivity index (χ4n) is 2.18. The van der Waals surface area contributed by atoms with Crippen LogP contribution < -0.4 is 5.32 Å². The Labute approximate surface area is 130 Å². The topological polar surface area (TPSA) is 82.2 Å². The van der Waals surface area contributed by atoms with Crippen LogP contribution in [0.4, 0.5) is 0 Å². The van der Waals surface area contributed by atoms with Gasteiger partial charge in [0.05, 0.1) is 9.90 Å². The maximum Gasteiger partial charge on any atom is 0.352 e. The van der Waals surface area contributed by atoms with Crippen molar-refractivity contribution in [3.8, 4) is 0 Å². The predicted molar refractivity (Wildman–Crippen MR) is 82.6 cm³/mol. The fraction of sp³-hybridized carbons (Fsp3) is 0.286. The lowest BCUT2D eigenvalue weighted by Gasteiger charge is -2.05. The smallest absolute Gasteiger partial charge is 0.352 e. The van der Waals surface area contributed by atoms with Crippen molar-refractivity contribution >= 4 is 34.8 Å². The van der Waals surface area contributed by atoms with Gasteiger partial charge in [0, 0.05) is 17.1 Å². The first-order valence-corrected chi connectivity index (χ1v) is 7.54. The third kappa shape index (κ3) is 3.46. The van der Waals surface area contributed by atoms with Crippen molar-refractivity contribution in [2.75, 3.05) is 6.54 Å². The number of carbonyl (C=O) groups excluding carboxylic acids is 1. The highest BCUT2D eigenvalue weighted by Crippen LogP contribution is 2.21. The molecule has 5 nitrogen and oxygen atoms in total. The van der Waals surface area contributed by atoms with Gasteiger partial charge in [-0.05, 0) is 38.0 Å². The third-order valence-corrected chi connectivity index (χ3v) is 4.46. The van der Waals surface area contributed by atoms with Crippen LogP contribution in [0, 0.1) is 13.8 Å². The highest BCUT2D eigenvalue weighted by atomic mass is 35.5. The van der Waals surface area contributed by atoms with E-state index in [2.05, 4.69) is 10.3 Å². The lowest BCUT2D eigenvalue weighted by atomic mass is 10.1. The molecule has 21 heavy (non-hydrogen) atoms. The zero-order chi connectivity index (χ0) is 15.6. The van der Waals surface area contributed by atoms with Crippen LogP contribution in [-0.2, 0) is 6.42 Å². The number of carboxylic acid groups (broad SMARTS) is 1. The fourth-order valence-corrected chi connectivity index (χ4v) is 3.27. The van der Waals surface area contributed by atoms with Gasteiger partial charge in [0.2, 0.25) is 0 Å². The summed E-state index contributed by atoms with van der Waals surface area (Å²) in [5, 5.41) is 11.8. The molecule has 7 heteroatoms. The number of aromatic carboxylic acids is 1. The largest absolute Gasteiger partial charge is 0.477 e. The molecule has 0 fully saturated rings. The summed E-state index contributed by atoms with van der Waals surface area (Å²) in [4.78, 5) is 27.0. The van der Waals surface area contributed by atoms with E-state index < -0.39 is 5.97 Å². The molecule has 2 aromatic rings. The Bertz CT molecular complexity index is 690. The molecule has 0 radical (unpaired) electrons. The van der Waals surface area contributed by atoms with Crippen molar-refractivity contribution in [1.29, 1.82) is 0 Å². The van der Waals surface area contributed by atoms with E-state index in [0.29, 0.717) is 29.8 Å². The average Bonchev–Trinajstić information content (AvgIpc) is 2.93. The number of thiophene rings is 1. The Hall–Kier alpha value is -1.79. The van der Waals surface area contributed by atoms with Crippen molar-refractivity contribution in [1.82, 2.24) is 10.3 Å². The monoisotopic (exact) mass is 326 g/mol. The first-order valence-electron chi connectivity index (χ1n) is 6.35. The van der Waals surface area contributed by atoms with E-state index >= 15 is 0 Å². The first-order chi connectivity index (χ1) is 9.90. The SMILES string of the molecule is Cc1[nH]c(C(=O)O)c(C)c1C(=O)NCCc1ccc(Cl)s1. The zero-order valence-electron chi connectivity index (χ0n) is 11.6. The van der Waals surface area contributed by atoms with E-state index in [1.807, 2.05) is 12.1 Å². The minimum Gasteiger partial charge on any atom is -0.477 e. The molecular formula is C14H15ClN2O3S. The highest BCUT2D eigenvalue weighted by molar-refractivity contribution is 7.16. The molecule has 0 unspecified atom stereocenters. The van der Waals surface area contributed by atoms with Gasteiger partial charge in [-0.25, -0.2) is 4.79 Å². The molecule has 0 atom stereocenters. The number of carboxylic acids is 1. The average molecular weight is 327 g/mol. The highest BCUT2D eigenvalue weighted by Gasteiger charge is 2.21. The summed E-state index contributed by atoms with van der Waals surface area (Å²) in [5.41, 5.74) is 1.47. The third-order valence-electron chi connectivity index (χ3n) is 3.16. The second-order valence-corrected chi connectivity index (χ2v) is 6.44. The van der Waals surface area contributed by atoms with Gasteiger partial charge in [-0.15, -0.1) is 11.3 Å². The first kappa shape index (κ1) is 15.6. The summed E-state index contributed by atoms with van der Waals surface area (Å²) in [6, 6.07) is 3.75. The number of aromatic nitrogens is 1. The van der Waals surface area contributed by atoms with Crippen molar-refractivity contribution in [3.05, 3.63) is 43.9 Å². The van der Waals surface area contributed by atoms with Crippen molar-refractivity contribution in [3.63, 3.8) is 0 Å². The van der Waals surface area contributed by atoms with E-state index in [9.17, 15) is 9.59 Å².